The van der Waals surface area contributed by atoms with Gasteiger partial charge in [0.25, 0.3) is 0 Å². The topological polar surface area (TPSA) is 154 Å². The molecule has 2 aromatic rings. The summed E-state index contributed by atoms with van der Waals surface area (Å²) in [4.78, 5) is 11.4. The first-order chi connectivity index (χ1) is 11.6. The molecule has 0 amide bonds. The molecule has 0 fully saturated rings. The number of aromatic nitrogens is 3. The van der Waals surface area contributed by atoms with Crippen LogP contribution in [0.25, 0.3) is 0 Å². The molecule has 0 saturated carbocycles. The summed E-state index contributed by atoms with van der Waals surface area (Å²) in [6, 6.07) is 6.01. The third-order valence-electron chi connectivity index (χ3n) is 2.15. The molecule has 0 aliphatic rings. The third-order valence-corrected chi connectivity index (χ3v) is 3.68. The predicted molar refractivity (Wildman–Crippen MR) is 89.9 cm³/mol. The summed E-state index contributed by atoms with van der Waals surface area (Å²) >= 11 is 8.98. The van der Waals surface area contributed by atoms with Crippen LogP contribution in [0.4, 0.5) is 11.6 Å². The molecule has 0 bridgehead atoms. The van der Waals surface area contributed by atoms with Gasteiger partial charge in [0.15, 0.2) is 0 Å². The second kappa shape index (κ2) is 12.1. The fraction of sp³-hybridized carbons (Fsp3) is 0.182. The summed E-state index contributed by atoms with van der Waals surface area (Å²) in [6.07, 6.45) is 0. The minimum absolute atomic E-state index is 0. The SMILES string of the molecule is CCOS(=O)(=O)O.O=S([O-])c1ccc(Nc2nc(Cl)nc(Cl)n2)cc1.[Na+]. The molecule has 0 aliphatic heterocycles. The van der Waals surface area contributed by atoms with Gasteiger partial charge in [0.2, 0.25) is 16.5 Å². The van der Waals surface area contributed by atoms with Crippen LogP contribution in [0.2, 0.25) is 10.6 Å². The smallest absolute Gasteiger partial charge is 0.768 e. The van der Waals surface area contributed by atoms with Gasteiger partial charge in [0, 0.05) is 10.6 Å². The zero-order chi connectivity index (χ0) is 19.0. The summed E-state index contributed by atoms with van der Waals surface area (Å²) in [5, 5.41) is 2.75. The Labute approximate surface area is 184 Å². The number of rotatable bonds is 5. The van der Waals surface area contributed by atoms with E-state index >= 15 is 0 Å². The van der Waals surface area contributed by atoms with Gasteiger partial charge in [-0.1, -0.05) is 0 Å². The molecule has 1 atom stereocenters. The summed E-state index contributed by atoms with van der Waals surface area (Å²) < 4.78 is 52.0. The molecule has 1 aromatic carbocycles. The molecule has 138 valence electrons. The van der Waals surface area contributed by atoms with Crippen molar-refractivity contribution >= 4 is 56.3 Å². The Morgan fingerprint density at radius 3 is 2.04 bits per heavy atom. The van der Waals surface area contributed by atoms with Crippen molar-refractivity contribution in [2.24, 2.45) is 0 Å². The van der Waals surface area contributed by atoms with E-state index in [0.717, 1.165) is 0 Å². The van der Waals surface area contributed by atoms with Crippen LogP contribution in [-0.4, -0.2) is 43.3 Å². The Kier molecular flexibility index (Phi) is 11.9. The zero-order valence-corrected chi connectivity index (χ0v) is 18.6. The fourth-order valence-electron chi connectivity index (χ4n) is 1.31. The number of nitrogens with zero attached hydrogens (tertiary/aromatic N) is 3. The minimum Gasteiger partial charge on any atom is -0.768 e. The van der Waals surface area contributed by atoms with E-state index in [1.54, 1.807) is 12.1 Å². The number of hydrogen-bond donors (Lipinski definition) is 2. The van der Waals surface area contributed by atoms with E-state index in [2.05, 4.69) is 24.5 Å². The summed E-state index contributed by atoms with van der Waals surface area (Å²) in [5.74, 6) is 0.177. The summed E-state index contributed by atoms with van der Waals surface area (Å²) in [5.41, 5.74) is 0.600. The number of hydrogen-bond acceptors (Lipinski definition) is 9. The summed E-state index contributed by atoms with van der Waals surface area (Å²) in [6.45, 7) is 1.44. The van der Waals surface area contributed by atoms with Crippen molar-refractivity contribution < 1.29 is 55.5 Å². The van der Waals surface area contributed by atoms with Gasteiger partial charge in [-0.05, 0) is 65.5 Å². The van der Waals surface area contributed by atoms with Crippen molar-refractivity contribution in [3.63, 3.8) is 0 Å². The van der Waals surface area contributed by atoms with Crippen molar-refractivity contribution in [3.05, 3.63) is 34.8 Å². The molecule has 2 rings (SSSR count). The molecule has 1 heterocycles. The molecular formula is C11H11Cl2N4NaO6S2. The Hall–Kier alpha value is -0.410. The van der Waals surface area contributed by atoms with E-state index in [1.807, 2.05) is 0 Å². The monoisotopic (exact) mass is 452 g/mol. The van der Waals surface area contributed by atoms with Crippen LogP contribution in [0.15, 0.2) is 29.2 Å². The van der Waals surface area contributed by atoms with Crippen LogP contribution in [-0.2, 0) is 25.7 Å². The molecule has 10 nitrogen and oxygen atoms in total. The normalized spacial score (nSPS) is 11.6. The standard InChI is InChI=1S/C9H6Cl2N4O2S.C2H6O4S.Na/c10-7-13-8(11)15-9(14-7)12-5-1-3-6(4-2-5)18(16)17;1-2-6-7(3,4)5;/h1-4H,(H,16,17)(H,12,13,14,15);2H2,1H3,(H,3,4,5);/q;;+1/p-1. The van der Waals surface area contributed by atoms with Gasteiger partial charge >= 0.3 is 40.0 Å². The average Bonchev–Trinajstić information content (AvgIpc) is 2.46. The average molecular weight is 453 g/mol. The fourth-order valence-corrected chi connectivity index (χ4v) is 2.33. The molecule has 26 heavy (non-hydrogen) atoms. The van der Waals surface area contributed by atoms with Crippen LogP contribution in [0.1, 0.15) is 6.92 Å². The second-order valence-electron chi connectivity index (χ2n) is 3.92. The van der Waals surface area contributed by atoms with Crippen molar-refractivity contribution in [1.29, 1.82) is 0 Å². The molecule has 1 aromatic heterocycles. The molecule has 0 saturated heterocycles. The van der Waals surface area contributed by atoms with Crippen LogP contribution in [0, 0.1) is 0 Å². The van der Waals surface area contributed by atoms with Gasteiger partial charge in [-0.3, -0.25) is 8.76 Å². The van der Waals surface area contributed by atoms with Crippen LogP contribution < -0.4 is 34.9 Å². The van der Waals surface area contributed by atoms with Crippen molar-refractivity contribution in [1.82, 2.24) is 15.0 Å². The Bertz CT molecular complexity index is 821. The van der Waals surface area contributed by atoms with Gasteiger partial charge in [-0.25, -0.2) is 4.18 Å². The molecule has 15 heteroatoms. The minimum atomic E-state index is -4.17. The second-order valence-corrected chi connectivity index (χ2v) is 6.62. The molecular weight excluding hydrogens is 442 g/mol. The van der Waals surface area contributed by atoms with Gasteiger partial charge in [0.05, 0.1) is 6.61 Å². The van der Waals surface area contributed by atoms with Crippen molar-refractivity contribution in [3.8, 4) is 0 Å². The van der Waals surface area contributed by atoms with Gasteiger partial charge in [-0.15, -0.1) is 0 Å². The van der Waals surface area contributed by atoms with Crippen molar-refractivity contribution in [2.45, 2.75) is 11.8 Å². The molecule has 0 spiro atoms. The van der Waals surface area contributed by atoms with Crippen molar-refractivity contribution in [2.75, 3.05) is 11.9 Å². The van der Waals surface area contributed by atoms with Gasteiger partial charge in [0.1, 0.15) is 0 Å². The maximum Gasteiger partial charge on any atom is 1.00 e. The molecule has 0 aliphatic carbocycles. The van der Waals surface area contributed by atoms with E-state index in [1.165, 1.54) is 19.1 Å². The van der Waals surface area contributed by atoms with E-state index in [9.17, 15) is 17.2 Å². The van der Waals surface area contributed by atoms with Crippen LogP contribution in [0.5, 0.6) is 0 Å². The number of benzene rings is 1. The maximum absolute atomic E-state index is 10.7. The summed E-state index contributed by atoms with van der Waals surface area (Å²) in [7, 11) is -4.17. The van der Waals surface area contributed by atoms with E-state index in [-0.39, 0.29) is 57.6 Å². The molecule has 2 N–H and O–H groups in total. The molecule has 0 radical (unpaired) electrons. The first kappa shape index (κ1) is 25.6. The third kappa shape index (κ3) is 10.7. The maximum atomic E-state index is 10.7. The van der Waals surface area contributed by atoms with Crippen LogP contribution >= 0.6 is 23.2 Å². The predicted octanol–water partition coefficient (Wildman–Crippen LogP) is -1.01. The first-order valence-corrected chi connectivity index (χ1v) is 9.45. The number of nitrogens with one attached hydrogen (secondary N) is 1. The van der Waals surface area contributed by atoms with Crippen LogP contribution in [0.3, 0.4) is 0 Å². The Morgan fingerprint density at radius 1 is 1.19 bits per heavy atom. The Balaban J connectivity index is 0.000000673. The first-order valence-electron chi connectivity index (χ1n) is 6.26. The molecule has 1 unspecified atom stereocenters. The Morgan fingerprint density at radius 2 is 1.69 bits per heavy atom. The number of halogens is 2. The largest absolute Gasteiger partial charge is 1.00 e. The van der Waals surface area contributed by atoms with E-state index < -0.39 is 21.5 Å². The van der Waals surface area contributed by atoms with E-state index in [0.29, 0.717) is 5.69 Å². The number of anilines is 2. The zero-order valence-electron chi connectivity index (χ0n) is 13.4. The van der Waals surface area contributed by atoms with E-state index in [4.69, 9.17) is 27.8 Å². The van der Waals surface area contributed by atoms with Gasteiger partial charge < -0.3 is 9.87 Å². The van der Waals surface area contributed by atoms with Gasteiger partial charge in [-0.2, -0.15) is 23.4 Å². The quantitative estimate of drug-likeness (QED) is 0.327.